The highest BCUT2D eigenvalue weighted by Crippen LogP contribution is 2.20. The predicted molar refractivity (Wildman–Crippen MR) is 111 cm³/mol. The van der Waals surface area contributed by atoms with Crippen LogP contribution in [0.4, 0.5) is 10.1 Å². The fourth-order valence-electron chi connectivity index (χ4n) is 4.02. The highest BCUT2D eigenvalue weighted by molar-refractivity contribution is 5.77. The van der Waals surface area contributed by atoms with Crippen LogP contribution in [-0.2, 0) is 11.3 Å². The monoisotopic (exact) mass is 398 g/mol. The van der Waals surface area contributed by atoms with Crippen molar-refractivity contribution in [1.82, 2.24) is 4.90 Å². The van der Waals surface area contributed by atoms with Crippen LogP contribution < -0.4 is 14.5 Å². The van der Waals surface area contributed by atoms with Crippen molar-refractivity contribution in [2.75, 3.05) is 44.7 Å². The Morgan fingerprint density at radius 3 is 2.28 bits per heavy atom. The minimum Gasteiger partial charge on any atom is -0.497 e. The minimum absolute atomic E-state index is 0.215. The molecule has 1 saturated heterocycles. The first-order valence-corrected chi connectivity index (χ1v) is 10.4. The van der Waals surface area contributed by atoms with E-state index in [9.17, 15) is 9.18 Å². The van der Waals surface area contributed by atoms with E-state index in [4.69, 9.17) is 4.74 Å². The summed E-state index contributed by atoms with van der Waals surface area (Å²) in [4.78, 5) is 18.5. The Morgan fingerprint density at radius 2 is 1.69 bits per heavy atom. The Kier molecular flexibility index (Phi) is 6.00. The Bertz CT molecular complexity index is 813. The normalized spacial score (nSPS) is 17.9. The number of nitrogens with one attached hydrogen (secondary N) is 1. The van der Waals surface area contributed by atoms with Gasteiger partial charge < -0.3 is 19.4 Å². The number of piperazine rings is 1. The molecule has 0 radical (unpaired) electrons. The Hall–Kier alpha value is -2.60. The van der Waals surface area contributed by atoms with E-state index in [1.807, 2.05) is 29.2 Å². The molecule has 1 aliphatic heterocycles. The van der Waals surface area contributed by atoms with Gasteiger partial charge in [0.15, 0.2) is 6.54 Å². The highest BCUT2D eigenvalue weighted by atomic mass is 19.1. The van der Waals surface area contributed by atoms with Gasteiger partial charge >= 0.3 is 0 Å². The van der Waals surface area contributed by atoms with Crippen molar-refractivity contribution < 1.29 is 18.8 Å². The van der Waals surface area contributed by atoms with Crippen LogP contribution in [0.3, 0.4) is 0 Å². The predicted octanol–water partition coefficient (Wildman–Crippen LogP) is 1.73. The summed E-state index contributed by atoms with van der Waals surface area (Å²) in [6, 6.07) is 15.3. The smallest absolute Gasteiger partial charge is 0.277 e. The average molecular weight is 399 g/mol. The molecule has 154 valence electrons. The molecule has 0 spiro atoms. The van der Waals surface area contributed by atoms with Crippen molar-refractivity contribution in [3.8, 4) is 5.75 Å². The topological polar surface area (TPSA) is 37.2 Å². The first kappa shape index (κ1) is 19.7. The zero-order valence-electron chi connectivity index (χ0n) is 16.9. The summed E-state index contributed by atoms with van der Waals surface area (Å²) < 4.78 is 18.4. The number of nitrogens with zero attached hydrogens (tertiary/aromatic N) is 2. The number of ether oxygens (including phenoxy) is 1. The number of hydrogen-bond donors (Lipinski definition) is 1. The van der Waals surface area contributed by atoms with E-state index in [2.05, 4.69) is 17.0 Å². The molecule has 2 aliphatic rings. The number of carbonyl (C=O) groups excluding carboxylic acids is 1. The molecule has 0 bridgehead atoms. The molecule has 2 aromatic rings. The van der Waals surface area contributed by atoms with E-state index in [-0.39, 0.29) is 11.7 Å². The third-order valence-electron chi connectivity index (χ3n) is 5.95. The molecule has 1 amide bonds. The maximum Gasteiger partial charge on any atom is 0.277 e. The van der Waals surface area contributed by atoms with Crippen molar-refractivity contribution in [3.63, 3.8) is 0 Å². The summed E-state index contributed by atoms with van der Waals surface area (Å²) in [5, 5.41) is 0. The van der Waals surface area contributed by atoms with Crippen molar-refractivity contribution in [3.05, 3.63) is 59.9 Å². The maximum absolute atomic E-state index is 13.2. The fourth-order valence-corrected chi connectivity index (χ4v) is 4.02. The summed E-state index contributed by atoms with van der Waals surface area (Å²) in [5.41, 5.74) is 2.25. The molecule has 1 saturated carbocycles. The van der Waals surface area contributed by atoms with Crippen LogP contribution in [0, 0.1) is 5.82 Å². The highest BCUT2D eigenvalue weighted by Gasteiger charge is 2.36. The number of anilines is 1. The van der Waals surface area contributed by atoms with Gasteiger partial charge in [-0.05, 0) is 36.4 Å². The van der Waals surface area contributed by atoms with Crippen LogP contribution >= 0.6 is 0 Å². The van der Waals surface area contributed by atoms with E-state index in [1.165, 1.54) is 35.6 Å². The van der Waals surface area contributed by atoms with Gasteiger partial charge in [-0.3, -0.25) is 4.79 Å². The molecule has 29 heavy (non-hydrogen) atoms. The van der Waals surface area contributed by atoms with Gasteiger partial charge in [0.2, 0.25) is 0 Å². The Balaban J connectivity index is 1.30. The lowest BCUT2D eigenvalue weighted by Gasteiger charge is -2.36. The number of carbonyl (C=O) groups is 1. The number of amides is 1. The zero-order chi connectivity index (χ0) is 20.2. The van der Waals surface area contributed by atoms with Gasteiger partial charge in [-0.2, -0.15) is 0 Å². The first-order chi connectivity index (χ1) is 14.1. The lowest BCUT2D eigenvalue weighted by Crippen LogP contribution is -3.13. The Labute approximate surface area is 171 Å². The van der Waals surface area contributed by atoms with Gasteiger partial charge in [0.1, 0.15) is 18.1 Å². The second kappa shape index (κ2) is 8.82. The minimum atomic E-state index is -0.215. The molecule has 5 nitrogen and oxygen atoms in total. The van der Waals surface area contributed by atoms with Gasteiger partial charge in [-0.15, -0.1) is 0 Å². The van der Waals surface area contributed by atoms with E-state index in [0.717, 1.165) is 44.0 Å². The molecule has 1 N–H and O–H groups in total. The van der Waals surface area contributed by atoms with Crippen molar-refractivity contribution in [1.29, 1.82) is 0 Å². The molecule has 1 atom stereocenters. The molecule has 4 rings (SSSR count). The summed E-state index contributed by atoms with van der Waals surface area (Å²) in [6.07, 6.45) is 2.35. The Morgan fingerprint density at radius 1 is 1.03 bits per heavy atom. The van der Waals surface area contributed by atoms with Gasteiger partial charge in [-0.25, -0.2) is 4.39 Å². The van der Waals surface area contributed by atoms with Gasteiger partial charge in [0.25, 0.3) is 5.91 Å². The second-order valence-electron chi connectivity index (χ2n) is 7.98. The van der Waals surface area contributed by atoms with Crippen LogP contribution in [0.25, 0.3) is 0 Å². The number of benzene rings is 2. The van der Waals surface area contributed by atoms with Crippen LogP contribution in [0.2, 0.25) is 0 Å². The molecule has 0 aromatic heterocycles. The number of quaternary nitrogens is 1. The molecule has 2 aromatic carbocycles. The van der Waals surface area contributed by atoms with Crippen LogP contribution in [0.1, 0.15) is 18.4 Å². The maximum atomic E-state index is 13.2. The third kappa shape index (κ3) is 5.07. The van der Waals surface area contributed by atoms with E-state index < -0.39 is 0 Å². The van der Waals surface area contributed by atoms with Gasteiger partial charge in [-0.1, -0.05) is 12.1 Å². The summed E-state index contributed by atoms with van der Waals surface area (Å²) in [6.45, 7) is 4.48. The van der Waals surface area contributed by atoms with Gasteiger partial charge in [0, 0.05) is 50.3 Å². The molecule has 6 heteroatoms. The summed E-state index contributed by atoms with van der Waals surface area (Å²) in [5.74, 6) is 0.864. The van der Waals surface area contributed by atoms with Crippen LogP contribution in [-0.4, -0.2) is 56.7 Å². The molecular formula is C23H29FN3O2+. The quantitative estimate of drug-likeness (QED) is 0.772. The number of halogens is 1. The van der Waals surface area contributed by atoms with Crippen LogP contribution in [0.5, 0.6) is 5.75 Å². The lowest BCUT2D eigenvalue weighted by molar-refractivity contribution is -0.917. The zero-order valence-corrected chi connectivity index (χ0v) is 16.9. The summed E-state index contributed by atoms with van der Waals surface area (Å²) >= 11 is 0. The van der Waals surface area contributed by atoms with E-state index in [0.29, 0.717) is 12.6 Å². The van der Waals surface area contributed by atoms with Crippen LogP contribution in [0.15, 0.2) is 48.5 Å². The average Bonchev–Trinajstić information content (AvgIpc) is 3.60. The van der Waals surface area contributed by atoms with E-state index in [1.54, 1.807) is 7.11 Å². The van der Waals surface area contributed by atoms with Crippen molar-refractivity contribution in [2.24, 2.45) is 0 Å². The number of rotatable bonds is 7. The number of methoxy groups -OCH3 is 1. The van der Waals surface area contributed by atoms with Gasteiger partial charge in [0.05, 0.1) is 13.2 Å². The first-order valence-electron chi connectivity index (χ1n) is 10.4. The van der Waals surface area contributed by atoms with Crippen molar-refractivity contribution in [2.45, 2.75) is 25.4 Å². The molecule has 1 aliphatic carbocycles. The second-order valence-corrected chi connectivity index (χ2v) is 7.98. The largest absolute Gasteiger partial charge is 0.497 e. The van der Waals surface area contributed by atoms with Crippen molar-refractivity contribution >= 4 is 11.6 Å². The molecule has 1 unspecified atom stereocenters. The van der Waals surface area contributed by atoms with E-state index >= 15 is 0 Å². The molecule has 1 heterocycles. The standard InChI is InChI=1S/C23H28FN3O2/c1-29-22-10-8-20(9-11-22)25-12-14-26(15-13-25)23(28)17-27(21-6-7-21)16-18-2-4-19(24)5-3-18/h2-5,8-11,21H,6-7,12-17H2,1H3/p+1. The SMILES string of the molecule is COc1ccc(N2CCN(C(=O)C[NH+](Cc3ccc(F)cc3)C3CC3)CC2)cc1. The molecular weight excluding hydrogens is 369 g/mol. The fraction of sp³-hybridized carbons (Fsp3) is 0.435. The summed E-state index contributed by atoms with van der Waals surface area (Å²) in [7, 11) is 1.67. The number of hydrogen-bond acceptors (Lipinski definition) is 3. The third-order valence-corrected chi connectivity index (χ3v) is 5.95. The molecule has 2 fully saturated rings. The lowest BCUT2D eigenvalue weighted by atomic mass is 10.2.